The molecule has 0 aliphatic heterocycles. The molecule has 1 heterocycles. The summed E-state index contributed by atoms with van der Waals surface area (Å²) in [7, 11) is 1.72. The molecule has 0 fully saturated rings. The number of hydrogen-bond acceptors (Lipinski definition) is 2. The van der Waals surface area contributed by atoms with E-state index in [-0.39, 0.29) is 0 Å². The minimum atomic E-state index is 0.597. The number of rotatable bonds is 4. The molecule has 3 heteroatoms. The molecule has 1 aliphatic rings. The molecule has 0 bridgehead atoms. The Balaban J connectivity index is 1.67. The average Bonchev–Trinajstić information content (AvgIpc) is 2.79. The van der Waals surface area contributed by atoms with E-state index in [1.54, 1.807) is 7.11 Å². The zero-order valence-electron chi connectivity index (χ0n) is 12.1. The lowest BCUT2D eigenvalue weighted by atomic mass is 9.99. The smallest absolute Gasteiger partial charge is 0.134 e. The highest BCUT2D eigenvalue weighted by Crippen LogP contribution is 2.25. The molecular weight excluding hydrogens is 248 g/mol. The van der Waals surface area contributed by atoms with Crippen molar-refractivity contribution in [3.8, 4) is 0 Å². The minimum Gasteiger partial charge on any atom is -0.377 e. The van der Waals surface area contributed by atoms with Crippen LogP contribution in [0.25, 0.3) is 0 Å². The zero-order chi connectivity index (χ0) is 13.8. The van der Waals surface area contributed by atoms with Gasteiger partial charge in [-0.3, -0.25) is 0 Å². The predicted molar refractivity (Wildman–Crippen MR) is 79.5 cm³/mol. The Morgan fingerprint density at radius 1 is 1.20 bits per heavy atom. The summed E-state index contributed by atoms with van der Waals surface area (Å²) in [6.45, 7) is 1.66. The molecule has 0 unspecified atom stereocenters. The fraction of sp³-hybridized carbons (Fsp3) is 0.471. The van der Waals surface area contributed by atoms with E-state index in [4.69, 9.17) is 4.74 Å². The molecule has 1 aliphatic carbocycles. The molecule has 0 radical (unpaired) electrons. The molecule has 0 N–H and O–H groups in total. The number of methoxy groups -OCH3 is 1. The SMILES string of the molecule is COCc1nccn1CC1CCc2ccccc2CC1. The summed E-state index contributed by atoms with van der Waals surface area (Å²) in [6, 6.07) is 8.88. The second-order valence-corrected chi connectivity index (χ2v) is 5.64. The van der Waals surface area contributed by atoms with E-state index in [1.165, 1.54) is 36.8 Å². The lowest BCUT2D eigenvalue weighted by Crippen LogP contribution is -2.13. The molecule has 3 nitrogen and oxygen atoms in total. The molecule has 1 aromatic heterocycles. The highest BCUT2D eigenvalue weighted by atomic mass is 16.5. The van der Waals surface area contributed by atoms with E-state index < -0.39 is 0 Å². The Labute approximate surface area is 120 Å². The van der Waals surface area contributed by atoms with E-state index in [0.717, 1.165) is 18.3 Å². The number of fused-ring (bicyclic) bond motifs is 1. The number of aromatic nitrogens is 2. The molecule has 106 valence electrons. The van der Waals surface area contributed by atoms with Crippen molar-refractivity contribution in [3.05, 3.63) is 53.6 Å². The minimum absolute atomic E-state index is 0.597. The molecule has 0 spiro atoms. The van der Waals surface area contributed by atoms with Crippen molar-refractivity contribution in [2.45, 2.75) is 38.8 Å². The molecule has 0 saturated heterocycles. The van der Waals surface area contributed by atoms with E-state index in [0.29, 0.717) is 6.61 Å². The summed E-state index contributed by atoms with van der Waals surface area (Å²) in [6.07, 6.45) is 8.89. The third-order valence-corrected chi connectivity index (χ3v) is 4.29. The van der Waals surface area contributed by atoms with Gasteiger partial charge in [0.15, 0.2) is 0 Å². The Morgan fingerprint density at radius 2 is 1.90 bits per heavy atom. The number of imidazole rings is 1. The third-order valence-electron chi connectivity index (χ3n) is 4.29. The number of aryl methyl sites for hydroxylation is 2. The summed E-state index contributed by atoms with van der Waals surface area (Å²) in [4.78, 5) is 4.37. The predicted octanol–water partition coefficient (Wildman–Crippen LogP) is 3.22. The van der Waals surface area contributed by atoms with Crippen molar-refractivity contribution in [1.82, 2.24) is 9.55 Å². The van der Waals surface area contributed by atoms with E-state index in [1.807, 2.05) is 6.20 Å². The normalized spacial score (nSPS) is 15.8. The lowest BCUT2D eigenvalue weighted by molar-refractivity contribution is 0.172. The lowest BCUT2D eigenvalue weighted by Gasteiger charge is -2.16. The van der Waals surface area contributed by atoms with Crippen LogP contribution in [0.3, 0.4) is 0 Å². The standard InChI is InChI=1S/C17H22N2O/c1-20-13-17-18-10-11-19(17)12-14-6-8-15-4-2-3-5-16(15)9-7-14/h2-5,10-11,14H,6-9,12-13H2,1H3. The summed E-state index contributed by atoms with van der Waals surface area (Å²) in [5.74, 6) is 1.77. The van der Waals surface area contributed by atoms with Gasteiger partial charge in [-0.25, -0.2) is 4.98 Å². The van der Waals surface area contributed by atoms with Gasteiger partial charge in [-0.05, 0) is 42.7 Å². The number of benzene rings is 1. The highest BCUT2D eigenvalue weighted by Gasteiger charge is 2.17. The maximum absolute atomic E-state index is 5.21. The Bertz CT molecular complexity index is 535. The fourth-order valence-electron chi connectivity index (χ4n) is 3.15. The first kappa shape index (κ1) is 13.4. The van der Waals surface area contributed by atoms with Crippen LogP contribution in [-0.4, -0.2) is 16.7 Å². The van der Waals surface area contributed by atoms with Crippen molar-refractivity contribution in [3.63, 3.8) is 0 Å². The van der Waals surface area contributed by atoms with Crippen LogP contribution in [-0.2, 0) is 30.7 Å². The van der Waals surface area contributed by atoms with Gasteiger partial charge < -0.3 is 9.30 Å². The maximum atomic E-state index is 5.21. The molecular formula is C17H22N2O. The maximum Gasteiger partial charge on any atom is 0.134 e. The average molecular weight is 270 g/mol. The Kier molecular flexibility index (Phi) is 4.16. The van der Waals surface area contributed by atoms with Gasteiger partial charge in [0.25, 0.3) is 0 Å². The third kappa shape index (κ3) is 2.93. The number of ether oxygens (including phenoxy) is 1. The summed E-state index contributed by atoms with van der Waals surface area (Å²) in [5.41, 5.74) is 3.08. The van der Waals surface area contributed by atoms with Gasteiger partial charge in [-0.1, -0.05) is 24.3 Å². The topological polar surface area (TPSA) is 27.1 Å². The molecule has 20 heavy (non-hydrogen) atoms. The van der Waals surface area contributed by atoms with Crippen LogP contribution in [0.15, 0.2) is 36.7 Å². The van der Waals surface area contributed by atoms with Crippen LogP contribution in [0, 0.1) is 5.92 Å². The van der Waals surface area contributed by atoms with Crippen LogP contribution in [0.2, 0.25) is 0 Å². The van der Waals surface area contributed by atoms with E-state index in [9.17, 15) is 0 Å². The van der Waals surface area contributed by atoms with Crippen molar-refractivity contribution >= 4 is 0 Å². The van der Waals surface area contributed by atoms with Crippen LogP contribution < -0.4 is 0 Å². The second-order valence-electron chi connectivity index (χ2n) is 5.64. The largest absolute Gasteiger partial charge is 0.377 e. The molecule has 2 aromatic rings. The second kappa shape index (κ2) is 6.23. The van der Waals surface area contributed by atoms with Crippen LogP contribution >= 0.6 is 0 Å². The summed E-state index contributed by atoms with van der Waals surface area (Å²) in [5, 5.41) is 0. The van der Waals surface area contributed by atoms with Crippen molar-refractivity contribution in [1.29, 1.82) is 0 Å². The van der Waals surface area contributed by atoms with Crippen molar-refractivity contribution < 1.29 is 4.74 Å². The summed E-state index contributed by atoms with van der Waals surface area (Å²) >= 11 is 0. The first-order chi connectivity index (χ1) is 9.86. The quantitative estimate of drug-likeness (QED) is 0.798. The van der Waals surface area contributed by atoms with Crippen LogP contribution in [0.1, 0.15) is 29.8 Å². The van der Waals surface area contributed by atoms with Gasteiger partial charge >= 0.3 is 0 Å². The first-order valence-corrected chi connectivity index (χ1v) is 7.42. The van der Waals surface area contributed by atoms with Gasteiger partial charge in [0, 0.05) is 26.0 Å². The Morgan fingerprint density at radius 3 is 2.55 bits per heavy atom. The van der Waals surface area contributed by atoms with Gasteiger partial charge in [-0.15, -0.1) is 0 Å². The van der Waals surface area contributed by atoms with Crippen molar-refractivity contribution in [2.75, 3.05) is 7.11 Å². The van der Waals surface area contributed by atoms with Crippen LogP contribution in [0.5, 0.6) is 0 Å². The molecule has 1 aromatic carbocycles. The zero-order valence-corrected chi connectivity index (χ0v) is 12.1. The number of nitrogens with zero attached hydrogens (tertiary/aromatic N) is 2. The van der Waals surface area contributed by atoms with Gasteiger partial charge in [0.1, 0.15) is 12.4 Å². The van der Waals surface area contributed by atoms with Gasteiger partial charge in [-0.2, -0.15) is 0 Å². The molecule has 0 atom stereocenters. The monoisotopic (exact) mass is 270 g/mol. The molecule has 3 rings (SSSR count). The molecule has 0 saturated carbocycles. The van der Waals surface area contributed by atoms with E-state index in [2.05, 4.69) is 40.0 Å². The van der Waals surface area contributed by atoms with Crippen molar-refractivity contribution in [2.24, 2.45) is 5.92 Å². The summed E-state index contributed by atoms with van der Waals surface area (Å²) < 4.78 is 7.46. The first-order valence-electron chi connectivity index (χ1n) is 7.42. The fourth-order valence-corrected chi connectivity index (χ4v) is 3.15. The van der Waals surface area contributed by atoms with Gasteiger partial charge in [0.2, 0.25) is 0 Å². The Hall–Kier alpha value is -1.61. The number of hydrogen-bond donors (Lipinski definition) is 0. The van der Waals surface area contributed by atoms with Crippen LogP contribution in [0.4, 0.5) is 0 Å². The van der Waals surface area contributed by atoms with Gasteiger partial charge in [0.05, 0.1) is 0 Å². The van der Waals surface area contributed by atoms with E-state index >= 15 is 0 Å². The highest BCUT2D eigenvalue weighted by molar-refractivity contribution is 5.28. The molecule has 0 amide bonds.